The van der Waals surface area contributed by atoms with E-state index >= 15 is 0 Å². The number of ether oxygens (including phenoxy) is 1. The van der Waals surface area contributed by atoms with Gasteiger partial charge >= 0.3 is 0 Å². The maximum Gasteiger partial charge on any atom is 0.0836 e. The van der Waals surface area contributed by atoms with E-state index in [0.717, 1.165) is 13.0 Å². The first-order valence-electron chi connectivity index (χ1n) is 4.61. The zero-order valence-corrected chi connectivity index (χ0v) is 8.63. The molecule has 0 saturated carbocycles. The van der Waals surface area contributed by atoms with Crippen molar-refractivity contribution in [1.82, 2.24) is 0 Å². The third-order valence-corrected chi connectivity index (χ3v) is 2.13. The first-order valence-corrected chi connectivity index (χ1v) is 5.14. The molecule has 0 saturated heterocycles. The molecule has 0 aliphatic carbocycles. The van der Waals surface area contributed by atoms with Crippen molar-refractivity contribution in [1.29, 1.82) is 0 Å². The smallest absolute Gasteiger partial charge is 0.0836 e. The molecule has 0 spiro atoms. The van der Waals surface area contributed by atoms with Gasteiger partial charge in [-0.15, -0.1) is 11.6 Å². The van der Waals surface area contributed by atoms with Crippen LogP contribution < -0.4 is 0 Å². The molecule has 0 bridgehead atoms. The Morgan fingerprint density at radius 1 is 1.31 bits per heavy atom. The second-order valence-corrected chi connectivity index (χ2v) is 3.21. The van der Waals surface area contributed by atoms with Crippen LogP contribution in [0.2, 0.25) is 0 Å². The van der Waals surface area contributed by atoms with E-state index in [1.807, 2.05) is 25.1 Å². The molecule has 0 aromatic heterocycles. The molecule has 1 aromatic rings. The molecule has 1 nitrogen and oxygen atoms in total. The third kappa shape index (κ3) is 3.37. The number of benzene rings is 1. The van der Waals surface area contributed by atoms with Gasteiger partial charge in [0, 0.05) is 12.5 Å². The summed E-state index contributed by atoms with van der Waals surface area (Å²) in [7, 11) is 0. The first kappa shape index (κ1) is 10.6. The lowest BCUT2D eigenvalue weighted by atomic mass is 10.1. The molecule has 0 amide bonds. The van der Waals surface area contributed by atoms with E-state index in [1.54, 1.807) is 0 Å². The molecule has 0 unspecified atom stereocenters. The standard InChI is InChI=1S/C11H15ClO/c1-2-13-11(8-9-12)10-6-4-3-5-7-10/h3-7,11H,2,8-9H2,1H3/t11-/m1/s1. The highest BCUT2D eigenvalue weighted by Gasteiger charge is 2.09. The molecular formula is C11H15ClO. The fourth-order valence-corrected chi connectivity index (χ4v) is 1.51. The maximum absolute atomic E-state index is 5.70. The largest absolute Gasteiger partial charge is 0.374 e. The van der Waals surface area contributed by atoms with Gasteiger partial charge in [-0.2, -0.15) is 0 Å². The minimum absolute atomic E-state index is 0.156. The van der Waals surface area contributed by atoms with Crippen LogP contribution in [-0.4, -0.2) is 12.5 Å². The molecule has 72 valence electrons. The van der Waals surface area contributed by atoms with Gasteiger partial charge in [-0.3, -0.25) is 0 Å². The van der Waals surface area contributed by atoms with Crippen LogP contribution >= 0.6 is 11.6 Å². The number of hydrogen-bond acceptors (Lipinski definition) is 1. The number of hydrogen-bond donors (Lipinski definition) is 0. The topological polar surface area (TPSA) is 9.23 Å². The highest BCUT2D eigenvalue weighted by Crippen LogP contribution is 2.20. The molecule has 0 aliphatic rings. The minimum atomic E-state index is 0.156. The Bertz CT molecular complexity index is 217. The van der Waals surface area contributed by atoms with Crippen LogP contribution in [-0.2, 0) is 4.74 Å². The highest BCUT2D eigenvalue weighted by molar-refractivity contribution is 6.17. The fourth-order valence-electron chi connectivity index (χ4n) is 1.31. The van der Waals surface area contributed by atoms with E-state index in [2.05, 4.69) is 12.1 Å². The van der Waals surface area contributed by atoms with E-state index < -0.39 is 0 Å². The van der Waals surface area contributed by atoms with E-state index in [9.17, 15) is 0 Å². The van der Waals surface area contributed by atoms with Gasteiger partial charge in [-0.05, 0) is 18.9 Å². The summed E-state index contributed by atoms with van der Waals surface area (Å²) in [6, 6.07) is 10.2. The summed E-state index contributed by atoms with van der Waals surface area (Å²) >= 11 is 5.70. The van der Waals surface area contributed by atoms with Crippen molar-refractivity contribution >= 4 is 11.6 Å². The van der Waals surface area contributed by atoms with Gasteiger partial charge in [0.05, 0.1) is 6.10 Å². The van der Waals surface area contributed by atoms with Gasteiger partial charge in [0.2, 0.25) is 0 Å². The second-order valence-electron chi connectivity index (χ2n) is 2.83. The van der Waals surface area contributed by atoms with Gasteiger partial charge in [0.1, 0.15) is 0 Å². The predicted molar refractivity (Wildman–Crippen MR) is 56.1 cm³/mol. The molecule has 0 fully saturated rings. The molecular weight excluding hydrogens is 184 g/mol. The zero-order valence-electron chi connectivity index (χ0n) is 7.87. The van der Waals surface area contributed by atoms with Gasteiger partial charge in [0.25, 0.3) is 0 Å². The second kappa shape index (κ2) is 6.01. The summed E-state index contributed by atoms with van der Waals surface area (Å²) in [6.45, 7) is 2.74. The van der Waals surface area contributed by atoms with Crippen LogP contribution in [0.1, 0.15) is 25.0 Å². The molecule has 0 N–H and O–H groups in total. The van der Waals surface area contributed by atoms with Crippen molar-refractivity contribution in [3.05, 3.63) is 35.9 Å². The normalized spacial score (nSPS) is 12.8. The van der Waals surface area contributed by atoms with Crippen molar-refractivity contribution in [2.45, 2.75) is 19.4 Å². The lowest BCUT2D eigenvalue weighted by molar-refractivity contribution is 0.0604. The maximum atomic E-state index is 5.70. The molecule has 13 heavy (non-hydrogen) atoms. The quantitative estimate of drug-likeness (QED) is 0.659. The van der Waals surface area contributed by atoms with Crippen molar-refractivity contribution < 1.29 is 4.74 Å². The molecule has 0 aliphatic heterocycles. The first-order chi connectivity index (χ1) is 6.38. The summed E-state index contributed by atoms with van der Waals surface area (Å²) in [5.74, 6) is 0.638. The van der Waals surface area contributed by atoms with Crippen LogP contribution in [0.25, 0.3) is 0 Å². The fraction of sp³-hybridized carbons (Fsp3) is 0.455. The van der Waals surface area contributed by atoms with Gasteiger partial charge in [-0.1, -0.05) is 30.3 Å². The molecule has 2 heteroatoms. The Kier molecular flexibility index (Phi) is 4.87. The van der Waals surface area contributed by atoms with Crippen LogP contribution in [0, 0.1) is 0 Å². The van der Waals surface area contributed by atoms with Gasteiger partial charge in [0.15, 0.2) is 0 Å². The van der Waals surface area contributed by atoms with Crippen molar-refractivity contribution in [3.63, 3.8) is 0 Å². The van der Waals surface area contributed by atoms with E-state index in [4.69, 9.17) is 16.3 Å². The van der Waals surface area contributed by atoms with Gasteiger partial charge in [-0.25, -0.2) is 0 Å². The molecule has 0 heterocycles. The van der Waals surface area contributed by atoms with Crippen molar-refractivity contribution in [3.8, 4) is 0 Å². The minimum Gasteiger partial charge on any atom is -0.374 e. The summed E-state index contributed by atoms with van der Waals surface area (Å²) in [4.78, 5) is 0. The van der Waals surface area contributed by atoms with Crippen molar-refractivity contribution in [2.24, 2.45) is 0 Å². The van der Waals surface area contributed by atoms with E-state index in [1.165, 1.54) is 5.56 Å². The number of halogens is 1. The number of alkyl halides is 1. The van der Waals surface area contributed by atoms with Crippen LogP contribution in [0.3, 0.4) is 0 Å². The lowest BCUT2D eigenvalue weighted by Gasteiger charge is -2.15. The Labute approximate surface area is 84.7 Å². The SMILES string of the molecule is CCO[C@H](CCCl)c1ccccc1. The highest BCUT2D eigenvalue weighted by atomic mass is 35.5. The Morgan fingerprint density at radius 3 is 2.54 bits per heavy atom. The van der Waals surface area contributed by atoms with Crippen LogP contribution in [0.5, 0.6) is 0 Å². The zero-order chi connectivity index (χ0) is 9.52. The van der Waals surface area contributed by atoms with Crippen LogP contribution in [0.4, 0.5) is 0 Å². The molecule has 1 atom stereocenters. The Morgan fingerprint density at radius 2 is 2.00 bits per heavy atom. The summed E-state index contributed by atoms with van der Waals surface area (Å²) < 4.78 is 5.58. The summed E-state index contributed by atoms with van der Waals surface area (Å²) in [6.07, 6.45) is 1.03. The average Bonchev–Trinajstić information content (AvgIpc) is 2.19. The van der Waals surface area contributed by atoms with E-state index in [-0.39, 0.29) is 6.10 Å². The van der Waals surface area contributed by atoms with Crippen LogP contribution in [0.15, 0.2) is 30.3 Å². The molecule has 0 radical (unpaired) electrons. The average molecular weight is 199 g/mol. The van der Waals surface area contributed by atoms with Crippen molar-refractivity contribution in [2.75, 3.05) is 12.5 Å². The Hall–Kier alpha value is -0.530. The summed E-state index contributed by atoms with van der Waals surface area (Å²) in [5.41, 5.74) is 1.21. The van der Waals surface area contributed by atoms with Gasteiger partial charge < -0.3 is 4.74 Å². The number of rotatable bonds is 5. The monoisotopic (exact) mass is 198 g/mol. The summed E-state index contributed by atoms with van der Waals surface area (Å²) in [5, 5.41) is 0. The van der Waals surface area contributed by atoms with E-state index in [0.29, 0.717) is 5.88 Å². The Balaban J connectivity index is 2.64. The molecule has 1 rings (SSSR count). The predicted octanol–water partition coefficient (Wildman–Crippen LogP) is 3.39. The lowest BCUT2D eigenvalue weighted by Crippen LogP contribution is -2.04. The molecule has 1 aromatic carbocycles. The third-order valence-electron chi connectivity index (χ3n) is 1.91.